The van der Waals surface area contributed by atoms with E-state index in [0.717, 1.165) is 35.1 Å². The third kappa shape index (κ3) is 2.32. The predicted molar refractivity (Wildman–Crippen MR) is 82.5 cm³/mol. The Morgan fingerprint density at radius 3 is 2.91 bits per heavy atom. The number of nitrogens with zero attached hydrogens (tertiary/aromatic N) is 4. The van der Waals surface area contributed by atoms with E-state index in [2.05, 4.69) is 21.0 Å². The van der Waals surface area contributed by atoms with Crippen molar-refractivity contribution in [2.75, 3.05) is 25.2 Å². The Morgan fingerprint density at radius 2 is 2.00 bits per heavy atom. The van der Waals surface area contributed by atoms with E-state index in [4.69, 9.17) is 9.47 Å². The van der Waals surface area contributed by atoms with Gasteiger partial charge in [0, 0.05) is 25.9 Å². The van der Waals surface area contributed by atoms with Gasteiger partial charge < -0.3 is 14.4 Å². The summed E-state index contributed by atoms with van der Waals surface area (Å²) in [5.41, 5.74) is 1.99. The molecule has 2 aromatic heterocycles. The molecule has 0 fully saturated rings. The first-order chi connectivity index (χ1) is 10.8. The van der Waals surface area contributed by atoms with Gasteiger partial charge in [0.05, 0.1) is 6.20 Å². The van der Waals surface area contributed by atoms with Crippen LogP contribution in [0.2, 0.25) is 0 Å². The molecule has 0 aliphatic carbocycles. The van der Waals surface area contributed by atoms with Crippen LogP contribution in [0.15, 0.2) is 42.7 Å². The van der Waals surface area contributed by atoms with E-state index >= 15 is 0 Å². The largest absolute Gasteiger partial charge is 0.486 e. The number of aromatic nitrogens is 3. The molecule has 0 saturated heterocycles. The van der Waals surface area contributed by atoms with Crippen molar-refractivity contribution in [2.24, 2.45) is 0 Å². The molecule has 4 rings (SSSR count). The predicted octanol–water partition coefficient (Wildman–Crippen LogP) is 2.14. The number of benzene rings is 1. The molecule has 6 nitrogen and oxygen atoms in total. The van der Waals surface area contributed by atoms with Gasteiger partial charge in [-0.3, -0.25) is 0 Å². The molecule has 0 radical (unpaired) electrons. The van der Waals surface area contributed by atoms with Crippen LogP contribution < -0.4 is 14.4 Å². The molecule has 0 saturated carbocycles. The molecule has 1 aliphatic rings. The van der Waals surface area contributed by atoms with Crippen LogP contribution in [0.1, 0.15) is 5.56 Å². The molecule has 0 bridgehead atoms. The molecule has 112 valence electrons. The maximum absolute atomic E-state index is 5.63. The molecule has 0 atom stereocenters. The Bertz CT molecular complexity index is 815. The minimum absolute atomic E-state index is 0.603. The monoisotopic (exact) mass is 296 g/mol. The smallest absolute Gasteiger partial charge is 0.161 e. The lowest BCUT2D eigenvalue weighted by Gasteiger charge is -2.21. The summed E-state index contributed by atoms with van der Waals surface area (Å²) < 4.78 is 12.9. The average Bonchev–Trinajstić information content (AvgIpc) is 3.02. The van der Waals surface area contributed by atoms with Crippen LogP contribution in [-0.4, -0.2) is 34.9 Å². The minimum atomic E-state index is 0.603. The molecule has 1 aliphatic heterocycles. The molecule has 22 heavy (non-hydrogen) atoms. The van der Waals surface area contributed by atoms with Crippen molar-refractivity contribution >= 4 is 11.5 Å². The summed E-state index contributed by atoms with van der Waals surface area (Å²) in [7, 11) is 2.02. The fourth-order valence-electron chi connectivity index (χ4n) is 2.56. The number of anilines is 1. The first-order valence-electron chi connectivity index (χ1n) is 7.20. The Kier molecular flexibility index (Phi) is 3.07. The number of hydrogen-bond donors (Lipinski definition) is 0. The van der Waals surface area contributed by atoms with Crippen molar-refractivity contribution in [1.82, 2.24) is 14.6 Å². The summed E-state index contributed by atoms with van der Waals surface area (Å²) in [6.45, 7) is 1.96. The summed E-state index contributed by atoms with van der Waals surface area (Å²) in [5, 5.41) is 4.16. The number of fused-ring (bicyclic) bond motifs is 2. The third-order valence-electron chi connectivity index (χ3n) is 3.66. The molecule has 0 N–H and O–H groups in total. The molecule has 0 amide bonds. The Hall–Kier alpha value is -2.76. The van der Waals surface area contributed by atoms with Crippen molar-refractivity contribution in [2.45, 2.75) is 6.54 Å². The van der Waals surface area contributed by atoms with E-state index in [9.17, 15) is 0 Å². The summed E-state index contributed by atoms with van der Waals surface area (Å²) in [5.74, 6) is 2.54. The highest BCUT2D eigenvalue weighted by Gasteiger charge is 2.13. The molecule has 3 aromatic rings. The van der Waals surface area contributed by atoms with Crippen LogP contribution >= 0.6 is 0 Å². The topological polar surface area (TPSA) is 51.9 Å². The van der Waals surface area contributed by atoms with Crippen LogP contribution in [-0.2, 0) is 6.54 Å². The van der Waals surface area contributed by atoms with Gasteiger partial charge in [0.15, 0.2) is 17.1 Å². The second kappa shape index (κ2) is 5.22. The van der Waals surface area contributed by atoms with Crippen molar-refractivity contribution in [3.8, 4) is 11.5 Å². The standard InChI is InChI=1S/C16H16N4O2/c1-19(15-5-7-20-16(18-15)4-6-17-20)11-12-2-3-13-14(10-12)22-9-8-21-13/h2-7,10H,8-9,11H2,1H3. The minimum Gasteiger partial charge on any atom is -0.486 e. The van der Waals surface area contributed by atoms with Gasteiger partial charge in [-0.15, -0.1) is 0 Å². The summed E-state index contributed by atoms with van der Waals surface area (Å²) in [6, 6.07) is 9.90. The second-order valence-electron chi connectivity index (χ2n) is 5.25. The third-order valence-corrected chi connectivity index (χ3v) is 3.66. The van der Waals surface area contributed by atoms with Crippen LogP contribution in [0.5, 0.6) is 11.5 Å². The van der Waals surface area contributed by atoms with E-state index < -0.39 is 0 Å². The Morgan fingerprint density at radius 1 is 1.14 bits per heavy atom. The average molecular weight is 296 g/mol. The van der Waals surface area contributed by atoms with E-state index in [1.165, 1.54) is 0 Å². The van der Waals surface area contributed by atoms with Gasteiger partial charge in [-0.2, -0.15) is 5.10 Å². The summed E-state index contributed by atoms with van der Waals surface area (Å²) in [4.78, 5) is 6.68. The van der Waals surface area contributed by atoms with Crippen molar-refractivity contribution in [1.29, 1.82) is 0 Å². The highest BCUT2D eigenvalue weighted by Crippen LogP contribution is 2.31. The normalized spacial score (nSPS) is 13.3. The molecule has 0 unspecified atom stereocenters. The van der Waals surface area contributed by atoms with Gasteiger partial charge in [-0.05, 0) is 23.8 Å². The SMILES string of the molecule is CN(Cc1ccc2c(c1)OCCO2)c1ccn2nccc2n1. The van der Waals surface area contributed by atoms with Crippen LogP contribution in [0.3, 0.4) is 0 Å². The fourth-order valence-corrected chi connectivity index (χ4v) is 2.56. The lowest BCUT2D eigenvalue weighted by molar-refractivity contribution is 0.171. The van der Waals surface area contributed by atoms with Crippen molar-refractivity contribution < 1.29 is 9.47 Å². The zero-order valence-corrected chi connectivity index (χ0v) is 12.3. The Labute approximate surface area is 127 Å². The Balaban J connectivity index is 1.56. The highest BCUT2D eigenvalue weighted by molar-refractivity contribution is 5.49. The molecule has 3 heterocycles. The summed E-state index contributed by atoms with van der Waals surface area (Å²) in [6.07, 6.45) is 3.66. The number of hydrogen-bond acceptors (Lipinski definition) is 5. The van der Waals surface area contributed by atoms with Gasteiger partial charge in [-0.1, -0.05) is 6.07 Å². The second-order valence-corrected chi connectivity index (χ2v) is 5.25. The van der Waals surface area contributed by atoms with Crippen LogP contribution in [0.4, 0.5) is 5.82 Å². The van der Waals surface area contributed by atoms with E-state index in [1.54, 1.807) is 10.7 Å². The molecular weight excluding hydrogens is 280 g/mol. The molecular formula is C16H16N4O2. The summed E-state index contributed by atoms with van der Waals surface area (Å²) >= 11 is 0. The van der Waals surface area contributed by atoms with E-state index in [-0.39, 0.29) is 0 Å². The first kappa shape index (κ1) is 12.9. The number of ether oxygens (including phenoxy) is 2. The van der Waals surface area contributed by atoms with Gasteiger partial charge in [-0.25, -0.2) is 9.50 Å². The zero-order chi connectivity index (χ0) is 14.9. The maximum atomic E-state index is 5.63. The lowest BCUT2D eigenvalue weighted by Crippen LogP contribution is -2.19. The lowest BCUT2D eigenvalue weighted by atomic mass is 10.2. The van der Waals surface area contributed by atoms with E-state index in [0.29, 0.717) is 13.2 Å². The maximum Gasteiger partial charge on any atom is 0.161 e. The van der Waals surface area contributed by atoms with Crippen LogP contribution in [0.25, 0.3) is 5.65 Å². The molecule has 1 aromatic carbocycles. The molecule has 6 heteroatoms. The first-order valence-corrected chi connectivity index (χ1v) is 7.20. The van der Waals surface area contributed by atoms with Gasteiger partial charge >= 0.3 is 0 Å². The van der Waals surface area contributed by atoms with Gasteiger partial charge in [0.25, 0.3) is 0 Å². The van der Waals surface area contributed by atoms with Gasteiger partial charge in [0.1, 0.15) is 19.0 Å². The molecule has 0 spiro atoms. The van der Waals surface area contributed by atoms with Crippen molar-refractivity contribution in [3.05, 3.63) is 48.3 Å². The highest BCUT2D eigenvalue weighted by atomic mass is 16.6. The van der Waals surface area contributed by atoms with Crippen LogP contribution in [0, 0.1) is 0 Å². The number of rotatable bonds is 3. The zero-order valence-electron chi connectivity index (χ0n) is 12.3. The quantitative estimate of drug-likeness (QED) is 0.741. The fraction of sp³-hybridized carbons (Fsp3) is 0.250. The van der Waals surface area contributed by atoms with E-state index in [1.807, 2.05) is 37.5 Å². The van der Waals surface area contributed by atoms with Gasteiger partial charge in [0.2, 0.25) is 0 Å². The van der Waals surface area contributed by atoms with Crippen molar-refractivity contribution in [3.63, 3.8) is 0 Å².